The molecule has 0 saturated carbocycles. The Labute approximate surface area is 95.9 Å². The van der Waals surface area contributed by atoms with Crippen molar-refractivity contribution in [2.75, 3.05) is 13.2 Å². The second-order valence-electron chi connectivity index (χ2n) is 3.00. The van der Waals surface area contributed by atoms with Gasteiger partial charge in [-0.05, 0) is 28.4 Å². The van der Waals surface area contributed by atoms with Gasteiger partial charge in [0, 0.05) is 33.9 Å². The monoisotopic (exact) mass is 279 g/mol. The van der Waals surface area contributed by atoms with Crippen LogP contribution in [0.2, 0.25) is 0 Å². The zero-order chi connectivity index (χ0) is 10.4. The van der Waals surface area contributed by atoms with Crippen molar-refractivity contribution in [3.63, 3.8) is 0 Å². The smallest absolute Gasteiger partial charge is 0.0585 e. The lowest BCUT2D eigenvalue weighted by molar-refractivity contribution is 0.200. The van der Waals surface area contributed by atoms with Gasteiger partial charge in [0.25, 0.3) is 0 Å². The van der Waals surface area contributed by atoms with Gasteiger partial charge in [-0.2, -0.15) is 0 Å². The molecule has 1 rings (SSSR count). The fraction of sp³-hybridized carbons (Fsp3) is 0.556. The Bertz CT molecular complexity index is 267. The quantitative estimate of drug-likeness (QED) is 0.737. The van der Waals surface area contributed by atoms with Crippen LogP contribution < -0.4 is 5.32 Å². The molecule has 0 spiro atoms. The summed E-state index contributed by atoms with van der Waals surface area (Å²) in [7, 11) is 0. The summed E-state index contributed by atoms with van der Waals surface area (Å²) in [6.07, 6.45) is 0.586. The summed E-state index contributed by atoms with van der Waals surface area (Å²) in [6, 6.07) is 2.03. The number of halogens is 1. The van der Waals surface area contributed by atoms with E-state index in [0.29, 0.717) is 6.42 Å². The summed E-state index contributed by atoms with van der Waals surface area (Å²) >= 11 is 5.05. The summed E-state index contributed by atoms with van der Waals surface area (Å²) in [4.78, 5) is 1.22. The topological polar surface area (TPSA) is 52.5 Å². The number of hydrogen-bond donors (Lipinski definition) is 3. The molecule has 1 aromatic heterocycles. The molecule has 0 aromatic carbocycles. The average molecular weight is 280 g/mol. The molecule has 0 saturated heterocycles. The van der Waals surface area contributed by atoms with E-state index < -0.39 is 0 Å². The van der Waals surface area contributed by atoms with E-state index in [1.54, 1.807) is 11.3 Å². The van der Waals surface area contributed by atoms with Crippen LogP contribution in [-0.4, -0.2) is 29.5 Å². The fourth-order valence-corrected chi connectivity index (χ4v) is 2.51. The van der Waals surface area contributed by atoms with Gasteiger partial charge < -0.3 is 15.5 Å². The van der Waals surface area contributed by atoms with E-state index in [0.717, 1.165) is 11.0 Å². The van der Waals surface area contributed by atoms with Crippen LogP contribution in [0.25, 0.3) is 0 Å². The van der Waals surface area contributed by atoms with Gasteiger partial charge in [-0.25, -0.2) is 0 Å². The van der Waals surface area contributed by atoms with Gasteiger partial charge in [0.2, 0.25) is 0 Å². The third-order valence-electron chi connectivity index (χ3n) is 1.88. The first kappa shape index (κ1) is 12.1. The van der Waals surface area contributed by atoms with Gasteiger partial charge in [0.05, 0.1) is 6.61 Å². The SMILES string of the molecule is OCCC(CO)NCc1cc(Br)cs1. The molecule has 0 amide bonds. The predicted molar refractivity (Wildman–Crippen MR) is 61.4 cm³/mol. The highest BCUT2D eigenvalue weighted by atomic mass is 79.9. The van der Waals surface area contributed by atoms with Crippen LogP contribution in [0.3, 0.4) is 0 Å². The summed E-state index contributed by atoms with van der Waals surface area (Å²) in [5.74, 6) is 0. The minimum absolute atomic E-state index is 0.0131. The van der Waals surface area contributed by atoms with Gasteiger partial charge >= 0.3 is 0 Å². The number of hydrogen-bond acceptors (Lipinski definition) is 4. The first-order valence-electron chi connectivity index (χ1n) is 4.44. The van der Waals surface area contributed by atoms with Crippen molar-refractivity contribution in [3.05, 3.63) is 20.8 Å². The van der Waals surface area contributed by atoms with E-state index in [1.807, 2.05) is 11.4 Å². The molecule has 0 aliphatic carbocycles. The molecule has 0 aliphatic rings. The normalized spacial score (nSPS) is 13.1. The maximum absolute atomic E-state index is 8.96. The Morgan fingerprint density at radius 3 is 2.79 bits per heavy atom. The van der Waals surface area contributed by atoms with E-state index in [2.05, 4.69) is 21.2 Å². The van der Waals surface area contributed by atoms with Crippen molar-refractivity contribution in [1.29, 1.82) is 0 Å². The molecule has 14 heavy (non-hydrogen) atoms. The Hall–Kier alpha value is 0.0600. The lowest BCUT2D eigenvalue weighted by Gasteiger charge is -2.13. The maximum Gasteiger partial charge on any atom is 0.0585 e. The molecule has 1 atom stereocenters. The lowest BCUT2D eigenvalue weighted by Crippen LogP contribution is -2.32. The van der Waals surface area contributed by atoms with Crippen LogP contribution in [0.5, 0.6) is 0 Å². The molecule has 0 aliphatic heterocycles. The van der Waals surface area contributed by atoms with E-state index in [9.17, 15) is 0 Å². The van der Waals surface area contributed by atoms with Crippen molar-refractivity contribution in [1.82, 2.24) is 5.32 Å². The number of nitrogens with one attached hydrogen (secondary N) is 1. The standard InChI is InChI=1S/C9H14BrNO2S/c10-7-3-9(14-6-7)4-11-8(5-13)1-2-12/h3,6,8,11-13H,1-2,4-5H2. The summed E-state index contributed by atoms with van der Waals surface area (Å²) in [5.41, 5.74) is 0. The van der Waals surface area contributed by atoms with Gasteiger partial charge in [-0.15, -0.1) is 11.3 Å². The Balaban J connectivity index is 2.31. The van der Waals surface area contributed by atoms with E-state index in [4.69, 9.17) is 10.2 Å². The highest BCUT2D eigenvalue weighted by molar-refractivity contribution is 9.10. The molecule has 1 aromatic rings. The average Bonchev–Trinajstić information content (AvgIpc) is 2.59. The molecule has 0 radical (unpaired) electrons. The molecule has 1 unspecified atom stereocenters. The third-order valence-corrected chi connectivity index (χ3v) is 3.58. The number of rotatable bonds is 6. The molecular weight excluding hydrogens is 266 g/mol. The minimum atomic E-state index is -0.0131. The molecule has 80 valence electrons. The first-order chi connectivity index (χ1) is 6.76. The zero-order valence-corrected chi connectivity index (χ0v) is 10.1. The molecule has 3 nitrogen and oxygen atoms in total. The zero-order valence-electron chi connectivity index (χ0n) is 7.74. The van der Waals surface area contributed by atoms with Crippen LogP contribution in [-0.2, 0) is 6.54 Å². The van der Waals surface area contributed by atoms with Crippen molar-refractivity contribution in [2.24, 2.45) is 0 Å². The second kappa shape index (κ2) is 6.53. The second-order valence-corrected chi connectivity index (χ2v) is 4.92. The summed E-state index contributed by atoms with van der Waals surface area (Å²) in [6.45, 7) is 0.904. The number of aliphatic hydroxyl groups excluding tert-OH is 2. The van der Waals surface area contributed by atoms with Crippen LogP contribution in [0.15, 0.2) is 15.9 Å². The van der Waals surface area contributed by atoms with Gasteiger partial charge in [-0.1, -0.05) is 0 Å². The van der Waals surface area contributed by atoms with Gasteiger partial charge in [0.15, 0.2) is 0 Å². The summed E-state index contributed by atoms with van der Waals surface area (Å²) in [5, 5.41) is 22.9. The van der Waals surface area contributed by atoms with E-state index in [1.165, 1.54) is 4.88 Å². The first-order valence-corrected chi connectivity index (χ1v) is 6.11. The fourth-order valence-electron chi connectivity index (χ4n) is 1.11. The molecule has 0 fully saturated rings. The maximum atomic E-state index is 8.96. The third kappa shape index (κ3) is 4.06. The largest absolute Gasteiger partial charge is 0.396 e. The van der Waals surface area contributed by atoms with Gasteiger partial charge in [0.1, 0.15) is 0 Å². The number of aliphatic hydroxyl groups is 2. The number of thiophene rings is 1. The Morgan fingerprint density at radius 2 is 2.29 bits per heavy atom. The molecular formula is C9H14BrNO2S. The Morgan fingerprint density at radius 1 is 1.50 bits per heavy atom. The van der Waals surface area contributed by atoms with Crippen LogP contribution in [0.1, 0.15) is 11.3 Å². The van der Waals surface area contributed by atoms with Crippen LogP contribution >= 0.6 is 27.3 Å². The van der Waals surface area contributed by atoms with Crippen molar-refractivity contribution < 1.29 is 10.2 Å². The molecule has 3 N–H and O–H groups in total. The highest BCUT2D eigenvalue weighted by Crippen LogP contribution is 2.19. The highest BCUT2D eigenvalue weighted by Gasteiger charge is 2.06. The minimum Gasteiger partial charge on any atom is -0.396 e. The summed E-state index contributed by atoms with van der Waals surface area (Å²) < 4.78 is 1.09. The predicted octanol–water partition coefficient (Wildman–Crippen LogP) is 1.34. The van der Waals surface area contributed by atoms with E-state index >= 15 is 0 Å². The van der Waals surface area contributed by atoms with Gasteiger partial charge in [-0.3, -0.25) is 0 Å². The Kier molecular flexibility index (Phi) is 5.66. The van der Waals surface area contributed by atoms with E-state index in [-0.39, 0.29) is 19.3 Å². The van der Waals surface area contributed by atoms with Crippen LogP contribution in [0.4, 0.5) is 0 Å². The van der Waals surface area contributed by atoms with Crippen LogP contribution in [0, 0.1) is 0 Å². The molecule has 5 heteroatoms. The lowest BCUT2D eigenvalue weighted by atomic mass is 10.2. The van der Waals surface area contributed by atoms with Crippen molar-refractivity contribution >= 4 is 27.3 Å². The van der Waals surface area contributed by atoms with Crippen molar-refractivity contribution in [2.45, 2.75) is 19.0 Å². The molecule has 1 heterocycles. The molecule has 0 bridgehead atoms. The van der Waals surface area contributed by atoms with Crippen molar-refractivity contribution in [3.8, 4) is 0 Å².